The molecule has 0 amide bonds. The summed E-state index contributed by atoms with van der Waals surface area (Å²) in [6.07, 6.45) is 0. The molecular formula is C10H16N2O2. The van der Waals surface area contributed by atoms with Gasteiger partial charge in [0, 0.05) is 12.2 Å². The quantitative estimate of drug-likeness (QED) is 0.495. The van der Waals surface area contributed by atoms with Crippen LogP contribution in [0.5, 0.6) is 0 Å². The summed E-state index contributed by atoms with van der Waals surface area (Å²) in [6, 6.07) is 7.18. The largest absolute Gasteiger partial charge is 0.399 e. The lowest BCUT2D eigenvalue weighted by atomic mass is 10.1. The van der Waals surface area contributed by atoms with Crippen LogP contribution < -0.4 is 11.1 Å². The number of rotatable bonds is 5. The van der Waals surface area contributed by atoms with Gasteiger partial charge in [-0.1, -0.05) is 12.1 Å². The van der Waals surface area contributed by atoms with Crippen LogP contribution >= 0.6 is 0 Å². The van der Waals surface area contributed by atoms with Gasteiger partial charge >= 0.3 is 0 Å². The third kappa shape index (κ3) is 2.99. The van der Waals surface area contributed by atoms with Crippen molar-refractivity contribution in [3.8, 4) is 0 Å². The second kappa shape index (κ2) is 5.59. The van der Waals surface area contributed by atoms with E-state index in [1.54, 1.807) is 6.07 Å². The molecule has 0 aromatic heterocycles. The summed E-state index contributed by atoms with van der Waals surface area (Å²) >= 11 is 0. The third-order valence-electron chi connectivity index (χ3n) is 2.00. The summed E-state index contributed by atoms with van der Waals surface area (Å²) in [4.78, 5) is 0. The summed E-state index contributed by atoms with van der Waals surface area (Å²) in [7, 11) is 0. The Morgan fingerprint density at radius 1 is 1.36 bits per heavy atom. The number of nitrogen functional groups attached to an aromatic ring is 1. The standard InChI is InChI=1S/C10H16N2O2/c11-9-3-1-2-8(6-9)10(7-14)12-4-5-13/h1-3,6,10,12-14H,4-5,7,11H2. The molecule has 0 spiro atoms. The Balaban J connectivity index is 2.68. The van der Waals surface area contributed by atoms with E-state index in [-0.39, 0.29) is 19.3 Å². The summed E-state index contributed by atoms with van der Waals surface area (Å²) in [6.45, 7) is 0.502. The van der Waals surface area contributed by atoms with Crippen molar-refractivity contribution in [2.24, 2.45) is 0 Å². The van der Waals surface area contributed by atoms with Gasteiger partial charge in [-0.3, -0.25) is 0 Å². The van der Waals surface area contributed by atoms with Crippen LogP contribution in [0.4, 0.5) is 5.69 Å². The van der Waals surface area contributed by atoms with Gasteiger partial charge in [-0.15, -0.1) is 0 Å². The normalized spacial score (nSPS) is 12.7. The number of hydrogen-bond acceptors (Lipinski definition) is 4. The van der Waals surface area contributed by atoms with Gasteiger partial charge in [0.05, 0.1) is 19.3 Å². The summed E-state index contributed by atoms with van der Waals surface area (Å²) < 4.78 is 0. The van der Waals surface area contributed by atoms with E-state index in [0.717, 1.165) is 5.56 Å². The smallest absolute Gasteiger partial charge is 0.0626 e. The van der Waals surface area contributed by atoms with E-state index in [4.69, 9.17) is 15.9 Å². The molecule has 1 atom stereocenters. The molecule has 0 saturated heterocycles. The maximum Gasteiger partial charge on any atom is 0.0626 e. The van der Waals surface area contributed by atoms with Crippen molar-refractivity contribution in [1.82, 2.24) is 5.32 Å². The minimum Gasteiger partial charge on any atom is -0.399 e. The molecule has 1 aromatic carbocycles. The van der Waals surface area contributed by atoms with Gasteiger partial charge in [0.15, 0.2) is 0 Å². The molecule has 0 aliphatic carbocycles. The zero-order valence-electron chi connectivity index (χ0n) is 7.98. The van der Waals surface area contributed by atoms with E-state index in [0.29, 0.717) is 12.2 Å². The molecule has 0 radical (unpaired) electrons. The predicted octanol–water partition coefficient (Wildman–Crippen LogP) is -0.116. The highest BCUT2D eigenvalue weighted by atomic mass is 16.3. The molecule has 1 unspecified atom stereocenters. The molecular weight excluding hydrogens is 180 g/mol. The van der Waals surface area contributed by atoms with Crippen LogP contribution in [0.25, 0.3) is 0 Å². The minimum atomic E-state index is -0.161. The van der Waals surface area contributed by atoms with E-state index in [1.165, 1.54) is 0 Å². The number of benzene rings is 1. The van der Waals surface area contributed by atoms with Gasteiger partial charge in [0.2, 0.25) is 0 Å². The van der Waals surface area contributed by atoms with Gasteiger partial charge < -0.3 is 21.3 Å². The fourth-order valence-corrected chi connectivity index (χ4v) is 1.30. The molecule has 4 heteroatoms. The highest BCUT2D eigenvalue weighted by Gasteiger charge is 2.08. The lowest BCUT2D eigenvalue weighted by Gasteiger charge is -2.16. The SMILES string of the molecule is Nc1cccc(C(CO)NCCO)c1. The lowest BCUT2D eigenvalue weighted by Crippen LogP contribution is -2.27. The molecule has 0 aliphatic rings. The molecule has 0 fully saturated rings. The second-order valence-corrected chi connectivity index (χ2v) is 3.08. The van der Waals surface area contributed by atoms with Crippen molar-refractivity contribution in [1.29, 1.82) is 0 Å². The highest BCUT2D eigenvalue weighted by molar-refractivity contribution is 5.41. The van der Waals surface area contributed by atoms with E-state index in [9.17, 15) is 0 Å². The molecule has 78 valence electrons. The number of hydrogen-bond donors (Lipinski definition) is 4. The van der Waals surface area contributed by atoms with Crippen molar-refractivity contribution >= 4 is 5.69 Å². The topological polar surface area (TPSA) is 78.5 Å². The maximum absolute atomic E-state index is 9.11. The summed E-state index contributed by atoms with van der Waals surface area (Å²) in [5, 5.41) is 20.8. The number of nitrogens with one attached hydrogen (secondary N) is 1. The van der Waals surface area contributed by atoms with E-state index in [2.05, 4.69) is 5.32 Å². The highest BCUT2D eigenvalue weighted by Crippen LogP contribution is 2.14. The summed E-state index contributed by atoms with van der Waals surface area (Å²) in [5.41, 5.74) is 7.23. The lowest BCUT2D eigenvalue weighted by molar-refractivity contribution is 0.227. The number of nitrogens with two attached hydrogens (primary N) is 1. The van der Waals surface area contributed by atoms with Crippen molar-refractivity contribution in [3.05, 3.63) is 29.8 Å². The van der Waals surface area contributed by atoms with Crippen molar-refractivity contribution in [3.63, 3.8) is 0 Å². The molecule has 0 heterocycles. The van der Waals surface area contributed by atoms with E-state index >= 15 is 0 Å². The molecule has 0 saturated carbocycles. The molecule has 0 bridgehead atoms. The summed E-state index contributed by atoms with van der Waals surface area (Å²) in [5.74, 6) is 0. The Morgan fingerprint density at radius 2 is 2.14 bits per heavy atom. The van der Waals surface area contributed by atoms with Crippen LogP contribution in [0, 0.1) is 0 Å². The Bertz CT molecular complexity index is 279. The average Bonchev–Trinajstić information content (AvgIpc) is 2.19. The first kappa shape index (κ1) is 11.0. The monoisotopic (exact) mass is 196 g/mol. The van der Waals surface area contributed by atoms with Crippen molar-refractivity contribution < 1.29 is 10.2 Å². The molecule has 4 nitrogen and oxygen atoms in total. The van der Waals surface area contributed by atoms with Gasteiger partial charge in [0.1, 0.15) is 0 Å². The molecule has 1 aromatic rings. The van der Waals surface area contributed by atoms with Crippen LogP contribution in [0.3, 0.4) is 0 Å². The Labute approximate surface area is 83.4 Å². The van der Waals surface area contributed by atoms with Crippen LogP contribution in [-0.2, 0) is 0 Å². The number of aliphatic hydroxyl groups is 2. The van der Waals surface area contributed by atoms with Gasteiger partial charge in [0.25, 0.3) is 0 Å². The third-order valence-corrected chi connectivity index (χ3v) is 2.00. The molecule has 1 rings (SSSR count). The maximum atomic E-state index is 9.11. The Kier molecular flexibility index (Phi) is 4.39. The zero-order valence-corrected chi connectivity index (χ0v) is 7.98. The van der Waals surface area contributed by atoms with Crippen LogP contribution in [0.2, 0.25) is 0 Å². The zero-order chi connectivity index (χ0) is 10.4. The van der Waals surface area contributed by atoms with Crippen molar-refractivity contribution in [2.75, 3.05) is 25.5 Å². The Hall–Kier alpha value is -1.10. The first-order chi connectivity index (χ1) is 6.77. The fraction of sp³-hybridized carbons (Fsp3) is 0.400. The van der Waals surface area contributed by atoms with Gasteiger partial charge in [-0.2, -0.15) is 0 Å². The molecule has 5 N–H and O–H groups in total. The van der Waals surface area contributed by atoms with Crippen molar-refractivity contribution in [2.45, 2.75) is 6.04 Å². The van der Waals surface area contributed by atoms with Crippen LogP contribution in [0.15, 0.2) is 24.3 Å². The Morgan fingerprint density at radius 3 is 2.71 bits per heavy atom. The molecule has 0 aliphatic heterocycles. The van der Waals surface area contributed by atoms with E-state index in [1.807, 2.05) is 18.2 Å². The molecule has 14 heavy (non-hydrogen) atoms. The van der Waals surface area contributed by atoms with Gasteiger partial charge in [-0.05, 0) is 17.7 Å². The first-order valence-corrected chi connectivity index (χ1v) is 4.58. The van der Waals surface area contributed by atoms with E-state index < -0.39 is 0 Å². The van der Waals surface area contributed by atoms with Crippen LogP contribution in [-0.4, -0.2) is 30.0 Å². The second-order valence-electron chi connectivity index (χ2n) is 3.08. The number of aliphatic hydroxyl groups excluding tert-OH is 2. The predicted molar refractivity (Wildman–Crippen MR) is 55.8 cm³/mol. The number of anilines is 1. The minimum absolute atomic E-state index is 0.0105. The average molecular weight is 196 g/mol. The fourth-order valence-electron chi connectivity index (χ4n) is 1.30. The van der Waals surface area contributed by atoms with Crippen LogP contribution in [0.1, 0.15) is 11.6 Å². The first-order valence-electron chi connectivity index (χ1n) is 4.58. The van der Waals surface area contributed by atoms with Gasteiger partial charge in [-0.25, -0.2) is 0 Å².